The van der Waals surface area contributed by atoms with E-state index in [0.717, 1.165) is 0 Å². The first-order valence-electron chi connectivity index (χ1n) is 4.92. The Labute approximate surface area is 99.1 Å². The maximum Gasteiger partial charge on any atom is 0.244 e. The Hall–Kier alpha value is -1.35. The summed E-state index contributed by atoms with van der Waals surface area (Å²) in [6.45, 7) is 3.75. The molecule has 0 atom stereocenters. The lowest BCUT2D eigenvalue weighted by atomic mass is 10.2. The average Bonchev–Trinajstić information content (AvgIpc) is 2.19. The molecule has 1 aromatic carbocycles. The Morgan fingerprint density at radius 1 is 1.50 bits per heavy atom. The van der Waals surface area contributed by atoms with Crippen LogP contribution >= 0.6 is 11.6 Å². The van der Waals surface area contributed by atoms with Crippen LogP contribution in [-0.2, 0) is 4.79 Å². The third-order valence-electron chi connectivity index (χ3n) is 1.80. The fourth-order valence-corrected chi connectivity index (χ4v) is 1.31. The highest BCUT2D eigenvalue weighted by atomic mass is 35.5. The molecule has 0 aromatic heterocycles. The van der Waals surface area contributed by atoms with Crippen LogP contribution in [0.5, 0.6) is 0 Å². The van der Waals surface area contributed by atoms with E-state index < -0.39 is 5.82 Å². The minimum absolute atomic E-state index is 0.0476. The highest BCUT2D eigenvalue weighted by Gasteiger charge is 2.00. The monoisotopic (exact) mass is 241 g/mol. The van der Waals surface area contributed by atoms with Crippen LogP contribution in [0.1, 0.15) is 19.4 Å². The summed E-state index contributed by atoms with van der Waals surface area (Å²) in [6, 6.07) is 4.38. The number of amides is 1. The number of carbonyl (C=O) groups excluding carboxylic acids is 1. The van der Waals surface area contributed by atoms with Crippen molar-refractivity contribution < 1.29 is 9.18 Å². The molecule has 0 bridgehead atoms. The average molecular weight is 242 g/mol. The Balaban J connectivity index is 2.69. The SMILES string of the molecule is CC(C)NC(=O)C=Cc1ccc(F)c(Cl)c1. The zero-order valence-electron chi connectivity index (χ0n) is 9.13. The van der Waals surface area contributed by atoms with Crippen LogP contribution < -0.4 is 5.32 Å². The molecule has 16 heavy (non-hydrogen) atoms. The molecule has 0 aliphatic rings. The first-order valence-corrected chi connectivity index (χ1v) is 5.30. The van der Waals surface area contributed by atoms with Crippen LogP contribution in [0.25, 0.3) is 6.08 Å². The van der Waals surface area contributed by atoms with Gasteiger partial charge in [0.1, 0.15) is 5.82 Å². The van der Waals surface area contributed by atoms with Crippen molar-refractivity contribution in [3.8, 4) is 0 Å². The number of halogens is 2. The van der Waals surface area contributed by atoms with Gasteiger partial charge in [0.2, 0.25) is 5.91 Å². The molecule has 1 N–H and O–H groups in total. The lowest BCUT2D eigenvalue weighted by Gasteiger charge is -2.04. The second-order valence-corrected chi connectivity index (χ2v) is 4.08. The minimum Gasteiger partial charge on any atom is -0.350 e. The number of benzene rings is 1. The van der Waals surface area contributed by atoms with Crippen molar-refractivity contribution in [2.24, 2.45) is 0 Å². The first kappa shape index (κ1) is 12.7. The van der Waals surface area contributed by atoms with Gasteiger partial charge in [-0.3, -0.25) is 4.79 Å². The smallest absolute Gasteiger partial charge is 0.244 e. The van der Waals surface area contributed by atoms with Crippen molar-refractivity contribution in [2.45, 2.75) is 19.9 Å². The summed E-state index contributed by atoms with van der Waals surface area (Å²) in [5.74, 6) is -0.652. The molecule has 0 heterocycles. The van der Waals surface area contributed by atoms with Crippen molar-refractivity contribution in [3.05, 3.63) is 40.7 Å². The third kappa shape index (κ3) is 4.03. The van der Waals surface area contributed by atoms with Gasteiger partial charge in [0, 0.05) is 12.1 Å². The second-order valence-electron chi connectivity index (χ2n) is 3.67. The molecular formula is C12H13ClFNO. The number of hydrogen-bond acceptors (Lipinski definition) is 1. The van der Waals surface area contributed by atoms with Crippen LogP contribution in [0.3, 0.4) is 0 Å². The van der Waals surface area contributed by atoms with Crippen LogP contribution in [-0.4, -0.2) is 11.9 Å². The zero-order valence-corrected chi connectivity index (χ0v) is 9.88. The first-order chi connectivity index (χ1) is 7.49. The molecule has 0 aliphatic heterocycles. The number of nitrogens with one attached hydrogen (secondary N) is 1. The predicted octanol–water partition coefficient (Wildman–Crippen LogP) is 3.02. The van der Waals surface area contributed by atoms with Crippen LogP contribution in [0.4, 0.5) is 4.39 Å². The van der Waals surface area contributed by atoms with E-state index in [4.69, 9.17) is 11.6 Å². The lowest BCUT2D eigenvalue weighted by Crippen LogP contribution is -2.28. The van der Waals surface area contributed by atoms with Gasteiger partial charge in [-0.15, -0.1) is 0 Å². The summed E-state index contributed by atoms with van der Waals surface area (Å²) in [6.07, 6.45) is 2.98. The topological polar surface area (TPSA) is 29.1 Å². The fourth-order valence-electron chi connectivity index (χ4n) is 1.12. The van der Waals surface area contributed by atoms with Crippen LogP contribution in [0.15, 0.2) is 24.3 Å². The van der Waals surface area contributed by atoms with Crippen molar-refractivity contribution >= 4 is 23.6 Å². The van der Waals surface area contributed by atoms with Gasteiger partial charge in [0.15, 0.2) is 0 Å². The summed E-state index contributed by atoms with van der Waals surface area (Å²) in [5.41, 5.74) is 0.685. The second kappa shape index (κ2) is 5.66. The molecule has 86 valence electrons. The van der Waals surface area contributed by atoms with Gasteiger partial charge >= 0.3 is 0 Å². The lowest BCUT2D eigenvalue weighted by molar-refractivity contribution is -0.116. The molecule has 0 unspecified atom stereocenters. The Morgan fingerprint density at radius 3 is 2.75 bits per heavy atom. The van der Waals surface area contributed by atoms with E-state index in [2.05, 4.69) is 5.32 Å². The fraction of sp³-hybridized carbons (Fsp3) is 0.250. The highest BCUT2D eigenvalue weighted by molar-refractivity contribution is 6.30. The maximum absolute atomic E-state index is 12.8. The van der Waals surface area contributed by atoms with E-state index in [1.807, 2.05) is 13.8 Å². The zero-order chi connectivity index (χ0) is 12.1. The Morgan fingerprint density at radius 2 is 2.19 bits per heavy atom. The molecule has 0 spiro atoms. The van der Waals surface area contributed by atoms with Gasteiger partial charge in [0.25, 0.3) is 0 Å². The van der Waals surface area contributed by atoms with Gasteiger partial charge in [-0.05, 0) is 37.6 Å². The van der Waals surface area contributed by atoms with E-state index in [1.165, 1.54) is 18.2 Å². The van der Waals surface area contributed by atoms with E-state index in [1.54, 1.807) is 12.1 Å². The predicted molar refractivity (Wildman–Crippen MR) is 63.7 cm³/mol. The van der Waals surface area contributed by atoms with Crippen LogP contribution in [0.2, 0.25) is 5.02 Å². The van der Waals surface area contributed by atoms with Crippen molar-refractivity contribution in [3.63, 3.8) is 0 Å². The maximum atomic E-state index is 12.8. The standard InChI is InChI=1S/C12H13ClFNO/c1-8(2)15-12(16)6-4-9-3-5-11(14)10(13)7-9/h3-8H,1-2H3,(H,15,16). The molecule has 1 rings (SSSR count). The summed E-state index contributed by atoms with van der Waals surface area (Å²) >= 11 is 5.60. The molecule has 0 aliphatic carbocycles. The summed E-state index contributed by atoms with van der Waals surface area (Å²) in [5, 5.41) is 2.75. The quantitative estimate of drug-likeness (QED) is 0.810. The molecule has 0 fully saturated rings. The molecule has 2 nitrogen and oxygen atoms in total. The van der Waals surface area contributed by atoms with E-state index >= 15 is 0 Å². The number of rotatable bonds is 3. The van der Waals surface area contributed by atoms with Crippen molar-refractivity contribution in [1.82, 2.24) is 5.32 Å². The van der Waals surface area contributed by atoms with E-state index in [-0.39, 0.29) is 17.0 Å². The van der Waals surface area contributed by atoms with E-state index in [9.17, 15) is 9.18 Å². The number of hydrogen-bond donors (Lipinski definition) is 1. The molecule has 0 radical (unpaired) electrons. The number of carbonyl (C=O) groups is 1. The van der Waals surface area contributed by atoms with Crippen molar-refractivity contribution in [2.75, 3.05) is 0 Å². The van der Waals surface area contributed by atoms with Crippen molar-refractivity contribution in [1.29, 1.82) is 0 Å². The Kier molecular flexibility index (Phi) is 4.50. The van der Waals surface area contributed by atoms with E-state index in [0.29, 0.717) is 5.56 Å². The molecule has 1 amide bonds. The van der Waals surface area contributed by atoms with Gasteiger partial charge in [-0.25, -0.2) is 4.39 Å². The summed E-state index contributed by atoms with van der Waals surface area (Å²) in [7, 11) is 0. The molecule has 0 saturated carbocycles. The normalized spacial score (nSPS) is 11.1. The third-order valence-corrected chi connectivity index (χ3v) is 2.09. The molecular weight excluding hydrogens is 229 g/mol. The van der Waals surface area contributed by atoms with Gasteiger partial charge in [0.05, 0.1) is 5.02 Å². The molecule has 4 heteroatoms. The van der Waals surface area contributed by atoms with Gasteiger partial charge in [-0.1, -0.05) is 17.7 Å². The highest BCUT2D eigenvalue weighted by Crippen LogP contribution is 2.16. The summed E-state index contributed by atoms with van der Waals surface area (Å²) < 4.78 is 12.8. The largest absolute Gasteiger partial charge is 0.350 e. The van der Waals surface area contributed by atoms with Gasteiger partial charge in [-0.2, -0.15) is 0 Å². The minimum atomic E-state index is -0.467. The summed E-state index contributed by atoms with van der Waals surface area (Å²) in [4.78, 5) is 11.3. The molecule has 1 aromatic rings. The van der Waals surface area contributed by atoms with Gasteiger partial charge < -0.3 is 5.32 Å². The van der Waals surface area contributed by atoms with Crippen LogP contribution in [0, 0.1) is 5.82 Å². The molecule has 0 saturated heterocycles. The Bertz CT molecular complexity index is 415.